The van der Waals surface area contributed by atoms with E-state index in [4.69, 9.17) is 19.3 Å². The summed E-state index contributed by atoms with van der Waals surface area (Å²) in [6.07, 6.45) is -1.54. The number of nitrogens with one attached hydrogen (secondary N) is 1. The van der Waals surface area contributed by atoms with Gasteiger partial charge in [0, 0.05) is 7.11 Å². The summed E-state index contributed by atoms with van der Waals surface area (Å²) in [5, 5.41) is 11.8. The van der Waals surface area contributed by atoms with Crippen molar-refractivity contribution in [3.63, 3.8) is 0 Å². The highest BCUT2D eigenvalue weighted by Gasteiger charge is 2.36. The van der Waals surface area contributed by atoms with Crippen LogP contribution in [0.5, 0.6) is 0 Å². The number of hydrogen-bond acceptors (Lipinski definition) is 5. The van der Waals surface area contributed by atoms with Gasteiger partial charge in [-0.05, 0) is 11.0 Å². The van der Waals surface area contributed by atoms with Crippen LogP contribution in [0, 0.1) is 5.41 Å². The van der Waals surface area contributed by atoms with Crippen LogP contribution in [0.15, 0.2) is 30.3 Å². The van der Waals surface area contributed by atoms with E-state index in [1.807, 2.05) is 51.1 Å². The van der Waals surface area contributed by atoms with E-state index in [1.54, 1.807) is 0 Å². The molecule has 1 unspecified atom stereocenters. The van der Waals surface area contributed by atoms with E-state index in [1.165, 1.54) is 7.11 Å². The number of alkyl carbamates (subject to hydrolysis) is 1. The Morgan fingerprint density at radius 1 is 1.20 bits per heavy atom. The Kier molecular flexibility index (Phi) is 8.37. The first kappa shape index (κ1) is 20.9. The Labute approximate surface area is 148 Å². The molecule has 2 N–H and O–H groups in total. The zero-order chi connectivity index (χ0) is 18.9. The Morgan fingerprint density at radius 2 is 1.84 bits per heavy atom. The molecule has 0 heterocycles. The van der Waals surface area contributed by atoms with Crippen LogP contribution in [0.2, 0.25) is 0 Å². The number of rotatable bonds is 9. The maximum Gasteiger partial charge on any atom is 0.407 e. The van der Waals surface area contributed by atoms with Gasteiger partial charge in [0.2, 0.25) is 0 Å². The second-order valence-corrected chi connectivity index (χ2v) is 6.77. The molecule has 0 spiro atoms. The first-order chi connectivity index (χ1) is 11.7. The van der Waals surface area contributed by atoms with Crippen LogP contribution in [0.1, 0.15) is 32.8 Å². The van der Waals surface area contributed by atoms with E-state index < -0.39 is 29.6 Å². The average molecular weight is 353 g/mol. The van der Waals surface area contributed by atoms with Crippen molar-refractivity contribution in [3.8, 4) is 0 Å². The highest BCUT2D eigenvalue weighted by molar-refractivity contribution is 5.71. The van der Waals surface area contributed by atoms with Crippen LogP contribution in [-0.4, -0.2) is 43.2 Å². The number of amides is 1. The molecule has 2 atom stereocenters. The molecule has 0 radical (unpaired) electrons. The summed E-state index contributed by atoms with van der Waals surface area (Å²) in [6, 6.07) is 8.48. The van der Waals surface area contributed by atoms with Gasteiger partial charge in [-0.1, -0.05) is 51.1 Å². The number of ether oxygens (including phenoxy) is 3. The number of carbonyl (C=O) groups excluding carboxylic acids is 1. The smallest absolute Gasteiger partial charge is 0.407 e. The molecule has 0 saturated heterocycles. The number of methoxy groups -OCH3 is 1. The summed E-state index contributed by atoms with van der Waals surface area (Å²) >= 11 is 0. The van der Waals surface area contributed by atoms with Crippen molar-refractivity contribution in [1.82, 2.24) is 5.32 Å². The molecule has 0 aliphatic carbocycles. The lowest BCUT2D eigenvalue weighted by Crippen LogP contribution is -2.51. The third-order valence-corrected chi connectivity index (χ3v) is 3.49. The fourth-order valence-corrected chi connectivity index (χ4v) is 2.45. The Balaban J connectivity index is 2.75. The fraction of sp³-hybridized carbons (Fsp3) is 0.556. The van der Waals surface area contributed by atoms with Gasteiger partial charge in [0.25, 0.3) is 0 Å². The van der Waals surface area contributed by atoms with Gasteiger partial charge in [0.1, 0.15) is 13.4 Å². The van der Waals surface area contributed by atoms with Crippen LogP contribution < -0.4 is 5.32 Å². The molecule has 0 fully saturated rings. The summed E-state index contributed by atoms with van der Waals surface area (Å²) < 4.78 is 15.7. The first-order valence-corrected chi connectivity index (χ1v) is 8.03. The molecule has 0 saturated carbocycles. The van der Waals surface area contributed by atoms with Crippen LogP contribution in [0.3, 0.4) is 0 Å². The van der Waals surface area contributed by atoms with Crippen LogP contribution in [0.4, 0.5) is 4.79 Å². The summed E-state index contributed by atoms with van der Waals surface area (Å²) in [6.45, 7) is 5.81. The predicted octanol–water partition coefficient (Wildman–Crippen LogP) is 2.79. The van der Waals surface area contributed by atoms with Gasteiger partial charge < -0.3 is 24.6 Å². The molecule has 0 aliphatic heterocycles. The molecule has 7 heteroatoms. The normalized spacial score (nSPS) is 13.8. The SMILES string of the molecule is COCOC([C@H](CC(=O)O)NC(=O)OCc1ccccc1)C(C)(C)C. The minimum Gasteiger partial charge on any atom is -0.481 e. The number of carboxylic acids is 1. The third kappa shape index (κ3) is 8.00. The first-order valence-electron chi connectivity index (χ1n) is 8.03. The highest BCUT2D eigenvalue weighted by atomic mass is 16.7. The molecule has 1 aromatic rings. The number of benzene rings is 1. The zero-order valence-corrected chi connectivity index (χ0v) is 15.2. The largest absolute Gasteiger partial charge is 0.481 e. The monoisotopic (exact) mass is 353 g/mol. The van der Waals surface area contributed by atoms with Gasteiger partial charge in [-0.3, -0.25) is 4.79 Å². The Hall–Kier alpha value is -2.12. The molecule has 1 amide bonds. The Morgan fingerprint density at radius 3 is 2.36 bits per heavy atom. The molecule has 0 aromatic heterocycles. The van der Waals surface area contributed by atoms with Crippen molar-refractivity contribution in [2.75, 3.05) is 13.9 Å². The number of carboxylic acid groups (broad SMARTS) is 1. The molecule has 0 bridgehead atoms. The molecular formula is C18H27NO6. The van der Waals surface area contributed by atoms with Crippen LogP contribution in [0.25, 0.3) is 0 Å². The quantitative estimate of drug-likeness (QED) is 0.663. The average Bonchev–Trinajstić information content (AvgIpc) is 2.52. The minimum atomic E-state index is -1.04. The van der Waals surface area contributed by atoms with Crippen molar-refractivity contribution in [2.45, 2.75) is 45.9 Å². The second kappa shape index (κ2) is 10.0. The lowest BCUT2D eigenvalue weighted by molar-refractivity contribution is -0.144. The Bertz CT molecular complexity index is 540. The lowest BCUT2D eigenvalue weighted by atomic mass is 9.83. The minimum absolute atomic E-state index is 0.00119. The van der Waals surface area contributed by atoms with Gasteiger partial charge in [-0.15, -0.1) is 0 Å². The van der Waals surface area contributed by atoms with Crippen molar-refractivity contribution >= 4 is 12.1 Å². The maximum atomic E-state index is 12.1. The number of aliphatic carboxylic acids is 1. The van der Waals surface area contributed by atoms with Gasteiger partial charge in [0.15, 0.2) is 0 Å². The summed E-state index contributed by atoms with van der Waals surface area (Å²) in [4.78, 5) is 23.3. The van der Waals surface area contributed by atoms with E-state index in [9.17, 15) is 9.59 Å². The van der Waals surface area contributed by atoms with E-state index in [-0.39, 0.29) is 19.8 Å². The molecule has 7 nitrogen and oxygen atoms in total. The molecule has 1 aromatic carbocycles. The van der Waals surface area contributed by atoms with Gasteiger partial charge in [-0.2, -0.15) is 0 Å². The summed E-state index contributed by atoms with van der Waals surface area (Å²) in [7, 11) is 1.48. The van der Waals surface area contributed by atoms with E-state index in [0.717, 1.165) is 5.56 Å². The van der Waals surface area contributed by atoms with E-state index in [2.05, 4.69) is 5.32 Å². The van der Waals surface area contributed by atoms with Crippen molar-refractivity contribution in [3.05, 3.63) is 35.9 Å². The lowest BCUT2D eigenvalue weighted by Gasteiger charge is -2.36. The van der Waals surface area contributed by atoms with Gasteiger partial charge >= 0.3 is 12.1 Å². The summed E-state index contributed by atoms with van der Waals surface area (Å²) in [5.74, 6) is -1.04. The molecule has 140 valence electrons. The zero-order valence-electron chi connectivity index (χ0n) is 15.2. The topological polar surface area (TPSA) is 94.1 Å². The molecular weight excluding hydrogens is 326 g/mol. The van der Waals surface area contributed by atoms with Crippen molar-refractivity contribution in [2.24, 2.45) is 5.41 Å². The highest BCUT2D eigenvalue weighted by Crippen LogP contribution is 2.26. The van der Waals surface area contributed by atoms with Gasteiger partial charge in [0.05, 0.1) is 18.6 Å². The van der Waals surface area contributed by atoms with Crippen LogP contribution >= 0.6 is 0 Å². The summed E-state index contributed by atoms with van der Waals surface area (Å²) in [5.41, 5.74) is 0.432. The maximum absolute atomic E-state index is 12.1. The van der Waals surface area contributed by atoms with Crippen LogP contribution in [-0.2, 0) is 25.6 Å². The van der Waals surface area contributed by atoms with Gasteiger partial charge in [-0.25, -0.2) is 4.79 Å². The standard InChI is InChI=1S/C18H27NO6/c1-18(2,3)16(25-12-23-4)14(10-15(20)21)19-17(22)24-11-13-8-6-5-7-9-13/h5-9,14,16H,10-12H2,1-4H3,(H,19,22)(H,20,21)/t14-,16?/m0/s1. The predicted molar refractivity (Wildman–Crippen MR) is 92.0 cm³/mol. The molecule has 25 heavy (non-hydrogen) atoms. The third-order valence-electron chi connectivity index (χ3n) is 3.49. The second-order valence-electron chi connectivity index (χ2n) is 6.77. The van der Waals surface area contributed by atoms with Crippen molar-refractivity contribution in [1.29, 1.82) is 0 Å². The van der Waals surface area contributed by atoms with E-state index in [0.29, 0.717) is 0 Å². The van der Waals surface area contributed by atoms with E-state index >= 15 is 0 Å². The molecule has 0 aliphatic rings. The van der Waals surface area contributed by atoms with Crippen molar-refractivity contribution < 1.29 is 28.9 Å². The fourth-order valence-electron chi connectivity index (χ4n) is 2.45. The molecule has 1 rings (SSSR count). The number of carbonyl (C=O) groups is 2. The number of hydrogen-bond donors (Lipinski definition) is 2.